The fraction of sp³-hybridized carbons (Fsp3) is 0.345. The van der Waals surface area contributed by atoms with Gasteiger partial charge in [-0.15, -0.1) is 0 Å². The van der Waals surface area contributed by atoms with Crippen molar-refractivity contribution in [3.8, 4) is 0 Å². The number of hydrogen-bond donors (Lipinski definition) is 4. The van der Waals surface area contributed by atoms with Gasteiger partial charge in [-0.05, 0) is 53.8 Å². The molecule has 0 heterocycles. The minimum absolute atomic E-state index is 0.000517. The van der Waals surface area contributed by atoms with Crippen LogP contribution in [-0.4, -0.2) is 54.8 Å². The second kappa shape index (κ2) is 12.4. The molecule has 1 saturated carbocycles. The first-order valence-corrected chi connectivity index (χ1v) is 14.6. The van der Waals surface area contributed by atoms with Crippen LogP contribution < -0.4 is 10.5 Å². The van der Waals surface area contributed by atoms with Gasteiger partial charge in [-0.3, -0.25) is 15.0 Å². The van der Waals surface area contributed by atoms with Crippen molar-refractivity contribution in [1.29, 1.82) is 5.41 Å². The molecule has 1 fully saturated rings. The molecule has 0 aliphatic heterocycles. The number of aliphatic carboxylic acids is 1. The molecule has 10 heteroatoms. The monoisotopic (exact) mass is 550 g/mol. The Morgan fingerprint density at radius 1 is 1.00 bits per heavy atom. The van der Waals surface area contributed by atoms with E-state index < -0.39 is 27.9 Å². The van der Waals surface area contributed by atoms with Gasteiger partial charge in [-0.2, -0.15) is 4.72 Å². The zero-order valence-corrected chi connectivity index (χ0v) is 22.5. The number of amides is 1. The summed E-state index contributed by atoms with van der Waals surface area (Å²) in [6.45, 7) is 0.000517. The molecule has 0 spiro atoms. The SMILES string of the molecule is N=C(N)c1cccc(C[C@H](NS(=O)(=O)c2ccc3ccccc3c2)C(=O)N(CCC(=O)O)C2CCCCC2)c1. The number of nitrogen functional groups attached to an aromatic ring is 1. The number of sulfonamides is 1. The summed E-state index contributed by atoms with van der Waals surface area (Å²) < 4.78 is 29.8. The third kappa shape index (κ3) is 7.21. The van der Waals surface area contributed by atoms with Crippen LogP contribution in [-0.2, 0) is 26.0 Å². The second-order valence-corrected chi connectivity index (χ2v) is 11.7. The fourth-order valence-electron chi connectivity index (χ4n) is 5.15. The molecule has 0 aromatic heterocycles. The quantitative estimate of drug-likeness (QED) is 0.211. The smallest absolute Gasteiger partial charge is 0.305 e. The zero-order chi connectivity index (χ0) is 28.0. The van der Waals surface area contributed by atoms with Crippen LogP contribution in [0.5, 0.6) is 0 Å². The summed E-state index contributed by atoms with van der Waals surface area (Å²) in [5, 5.41) is 18.7. The predicted octanol–water partition coefficient (Wildman–Crippen LogP) is 3.65. The van der Waals surface area contributed by atoms with E-state index in [1.54, 1.807) is 41.3 Å². The van der Waals surface area contributed by atoms with E-state index in [0.29, 0.717) is 11.1 Å². The molecule has 0 bridgehead atoms. The number of carbonyl (C=O) groups is 2. The summed E-state index contributed by atoms with van der Waals surface area (Å²) in [6, 6.07) is 17.6. The van der Waals surface area contributed by atoms with Gasteiger partial charge < -0.3 is 15.7 Å². The molecule has 9 nitrogen and oxygen atoms in total. The molecule has 1 aliphatic carbocycles. The van der Waals surface area contributed by atoms with E-state index in [1.165, 1.54) is 6.07 Å². The molecule has 3 aromatic rings. The number of benzene rings is 3. The van der Waals surface area contributed by atoms with E-state index in [1.807, 2.05) is 24.3 Å². The van der Waals surface area contributed by atoms with Crippen LogP contribution in [0.1, 0.15) is 49.7 Å². The maximum atomic E-state index is 14.0. The number of nitrogens with two attached hydrogens (primary N) is 1. The molecule has 0 saturated heterocycles. The molecule has 1 aliphatic rings. The van der Waals surface area contributed by atoms with Gasteiger partial charge in [0.1, 0.15) is 11.9 Å². The maximum absolute atomic E-state index is 14.0. The number of fused-ring (bicyclic) bond motifs is 1. The Labute approximate surface area is 228 Å². The van der Waals surface area contributed by atoms with Crippen molar-refractivity contribution in [2.24, 2.45) is 5.73 Å². The third-order valence-electron chi connectivity index (χ3n) is 7.17. The normalized spacial score (nSPS) is 15.1. The van der Waals surface area contributed by atoms with Crippen molar-refractivity contribution in [2.45, 2.75) is 61.9 Å². The van der Waals surface area contributed by atoms with Crippen LogP contribution in [0.15, 0.2) is 71.6 Å². The molecule has 206 valence electrons. The van der Waals surface area contributed by atoms with E-state index in [0.717, 1.165) is 42.9 Å². The Morgan fingerprint density at radius 3 is 2.41 bits per heavy atom. The molecule has 3 aromatic carbocycles. The van der Waals surface area contributed by atoms with Crippen molar-refractivity contribution in [3.63, 3.8) is 0 Å². The highest BCUT2D eigenvalue weighted by molar-refractivity contribution is 7.89. The van der Waals surface area contributed by atoms with Crippen LogP contribution >= 0.6 is 0 Å². The van der Waals surface area contributed by atoms with Crippen molar-refractivity contribution in [2.75, 3.05) is 6.54 Å². The van der Waals surface area contributed by atoms with Crippen molar-refractivity contribution < 1.29 is 23.1 Å². The molecule has 4 rings (SSSR count). The van der Waals surface area contributed by atoms with Gasteiger partial charge in [-0.25, -0.2) is 8.42 Å². The van der Waals surface area contributed by atoms with Crippen LogP contribution in [0.4, 0.5) is 0 Å². The lowest BCUT2D eigenvalue weighted by atomic mass is 9.93. The number of hydrogen-bond acceptors (Lipinski definition) is 5. The minimum Gasteiger partial charge on any atom is -0.481 e. The first-order valence-electron chi connectivity index (χ1n) is 13.1. The van der Waals surface area contributed by atoms with E-state index >= 15 is 0 Å². The van der Waals surface area contributed by atoms with Crippen molar-refractivity contribution in [1.82, 2.24) is 9.62 Å². The largest absolute Gasteiger partial charge is 0.481 e. The highest BCUT2D eigenvalue weighted by Crippen LogP contribution is 2.25. The number of carboxylic acid groups (broad SMARTS) is 1. The maximum Gasteiger partial charge on any atom is 0.305 e. The molecule has 0 unspecified atom stereocenters. The van der Waals surface area contributed by atoms with E-state index in [9.17, 15) is 23.1 Å². The van der Waals surface area contributed by atoms with Crippen molar-refractivity contribution >= 4 is 38.5 Å². The first-order chi connectivity index (χ1) is 18.6. The summed E-state index contributed by atoms with van der Waals surface area (Å²) in [7, 11) is -4.12. The van der Waals surface area contributed by atoms with Crippen LogP contribution in [0.3, 0.4) is 0 Å². The Balaban J connectivity index is 1.69. The minimum atomic E-state index is -4.12. The van der Waals surface area contributed by atoms with Crippen LogP contribution in [0.2, 0.25) is 0 Å². The van der Waals surface area contributed by atoms with Crippen LogP contribution in [0.25, 0.3) is 10.8 Å². The average molecular weight is 551 g/mol. The summed E-state index contributed by atoms with van der Waals surface area (Å²) in [5.74, 6) is -1.62. The molecule has 1 atom stereocenters. The fourth-order valence-corrected chi connectivity index (χ4v) is 6.38. The van der Waals surface area contributed by atoms with Crippen molar-refractivity contribution in [3.05, 3.63) is 77.9 Å². The number of nitrogens with one attached hydrogen (secondary N) is 2. The highest BCUT2D eigenvalue weighted by Gasteiger charge is 2.34. The molecule has 5 N–H and O–H groups in total. The van der Waals surface area contributed by atoms with Gasteiger partial charge in [0.2, 0.25) is 15.9 Å². The lowest BCUT2D eigenvalue weighted by Gasteiger charge is -2.36. The lowest BCUT2D eigenvalue weighted by Crippen LogP contribution is -2.53. The summed E-state index contributed by atoms with van der Waals surface area (Å²) in [4.78, 5) is 27.0. The number of amidine groups is 1. The predicted molar refractivity (Wildman–Crippen MR) is 150 cm³/mol. The third-order valence-corrected chi connectivity index (χ3v) is 8.64. The van der Waals surface area contributed by atoms with Gasteiger partial charge in [-0.1, -0.05) is 67.8 Å². The topological polar surface area (TPSA) is 154 Å². The Hall–Kier alpha value is -3.76. The number of nitrogens with zero attached hydrogens (tertiary/aromatic N) is 1. The second-order valence-electron chi connectivity index (χ2n) is 9.97. The Bertz CT molecular complexity index is 1470. The zero-order valence-electron chi connectivity index (χ0n) is 21.7. The van der Waals surface area contributed by atoms with Gasteiger partial charge >= 0.3 is 5.97 Å². The van der Waals surface area contributed by atoms with Gasteiger partial charge in [0.25, 0.3) is 0 Å². The lowest BCUT2D eigenvalue weighted by molar-refractivity contribution is -0.140. The van der Waals surface area contributed by atoms with Gasteiger partial charge in [0.15, 0.2) is 0 Å². The van der Waals surface area contributed by atoms with Gasteiger partial charge in [0, 0.05) is 18.2 Å². The molecular formula is C29H34N4O5S. The van der Waals surface area contributed by atoms with E-state index in [-0.39, 0.29) is 36.2 Å². The van der Waals surface area contributed by atoms with E-state index in [4.69, 9.17) is 11.1 Å². The number of carboxylic acids is 1. The highest BCUT2D eigenvalue weighted by atomic mass is 32.2. The average Bonchev–Trinajstić information content (AvgIpc) is 2.93. The van der Waals surface area contributed by atoms with Crippen LogP contribution in [0, 0.1) is 5.41 Å². The molecule has 0 radical (unpaired) electrons. The Morgan fingerprint density at radius 2 is 1.72 bits per heavy atom. The summed E-state index contributed by atoms with van der Waals surface area (Å²) >= 11 is 0. The molecule has 1 amide bonds. The summed E-state index contributed by atoms with van der Waals surface area (Å²) in [6.07, 6.45) is 4.18. The number of carbonyl (C=O) groups excluding carboxylic acids is 1. The number of rotatable bonds is 11. The Kier molecular flexibility index (Phi) is 8.98. The first kappa shape index (κ1) is 28.3. The van der Waals surface area contributed by atoms with Gasteiger partial charge in [0.05, 0.1) is 11.3 Å². The van der Waals surface area contributed by atoms with E-state index in [2.05, 4.69) is 4.72 Å². The molecule has 39 heavy (non-hydrogen) atoms. The standard InChI is InChI=1S/C29H34N4O5S/c30-28(31)23-10-6-7-20(17-23)18-26(29(36)33(16-15-27(34)35)24-11-2-1-3-12-24)32-39(37,38)25-14-13-21-8-4-5-9-22(21)19-25/h4-10,13-14,17,19,24,26,32H,1-3,11-12,15-16,18H2,(H3,30,31)(H,34,35)/t26-/m0/s1. The summed E-state index contributed by atoms with van der Waals surface area (Å²) in [5.41, 5.74) is 6.74. The molecular weight excluding hydrogens is 516 g/mol.